The minimum Gasteiger partial charge on any atom is -0.496 e. The fourth-order valence-corrected chi connectivity index (χ4v) is 1.53. The standard InChI is InChI=1S/C11H11NO2/c1-14-10-5-4-8-3-2-6-12-11(8)9(10)7-13/h2-6,13H,7H2,1H3. The fourth-order valence-electron chi connectivity index (χ4n) is 1.53. The molecule has 14 heavy (non-hydrogen) atoms. The highest BCUT2D eigenvalue weighted by Crippen LogP contribution is 2.25. The first-order chi connectivity index (χ1) is 6.86. The van der Waals surface area contributed by atoms with Crippen molar-refractivity contribution in [3.8, 4) is 5.75 Å². The number of benzene rings is 1. The molecule has 0 saturated heterocycles. The van der Waals surface area contributed by atoms with Gasteiger partial charge in [-0.3, -0.25) is 4.98 Å². The molecule has 0 spiro atoms. The summed E-state index contributed by atoms with van der Waals surface area (Å²) >= 11 is 0. The number of rotatable bonds is 2. The van der Waals surface area contributed by atoms with E-state index in [1.807, 2.05) is 24.3 Å². The lowest BCUT2D eigenvalue weighted by Gasteiger charge is -2.08. The first kappa shape index (κ1) is 8.97. The zero-order valence-corrected chi connectivity index (χ0v) is 7.90. The Kier molecular flexibility index (Phi) is 2.33. The molecule has 1 heterocycles. The van der Waals surface area contributed by atoms with Gasteiger partial charge in [-0.25, -0.2) is 0 Å². The monoisotopic (exact) mass is 189 g/mol. The summed E-state index contributed by atoms with van der Waals surface area (Å²) in [5, 5.41) is 10.2. The molecule has 1 aromatic carbocycles. The third-order valence-electron chi connectivity index (χ3n) is 2.21. The Balaban J connectivity index is 2.77. The van der Waals surface area contributed by atoms with Crippen molar-refractivity contribution in [3.63, 3.8) is 0 Å². The highest BCUT2D eigenvalue weighted by atomic mass is 16.5. The van der Waals surface area contributed by atoms with Crippen molar-refractivity contribution >= 4 is 10.9 Å². The van der Waals surface area contributed by atoms with Gasteiger partial charge in [0.1, 0.15) is 5.75 Å². The van der Waals surface area contributed by atoms with Crippen LogP contribution >= 0.6 is 0 Å². The van der Waals surface area contributed by atoms with Crippen LogP contribution in [0.15, 0.2) is 30.5 Å². The van der Waals surface area contributed by atoms with Crippen molar-refractivity contribution in [2.24, 2.45) is 0 Å². The van der Waals surface area contributed by atoms with Gasteiger partial charge in [-0.15, -0.1) is 0 Å². The van der Waals surface area contributed by atoms with Gasteiger partial charge in [-0.05, 0) is 18.2 Å². The summed E-state index contributed by atoms with van der Waals surface area (Å²) in [6.07, 6.45) is 1.71. The molecule has 0 aliphatic heterocycles. The molecule has 72 valence electrons. The third kappa shape index (κ3) is 1.32. The topological polar surface area (TPSA) is 42.4 Å². The average Bonchev–Trinajstić information content (AvgIpc) is 2.27. The summed E-state index contributed by atoms with van der Waals surface area (Å²) in [6, 6.07) is 7.60. The largest absolute Gasteiger partial charge is 0.496 e. The molecule has 1 aromatic heterocycles. The van der Waals surface area contributed by atoms with Gasteiger partial charge in [-0.2, -0.15) is 0 Å². The Morgan fingerprint density at radius 3 is 2.93 bits per heavy atom. The molecule has 2 aromatic rings. The van der Waals surface area contributed by atoms with E-state index in [-0.39, 0.29) is 6.61 Å². The van der Waals surface area contributed by atoms with E-state index in [0.717, 1.165) is 16.5 Å². The maximum absolute atomic E-state index is 9.23. The van der Waals surface area contributed by atoms with Gasteiger partial charge in [0.2, 0.25) is 0 Å². The number of aliphatic hydroxyl groups excluding tert-OH is 1. The number of aliphatic hydroxyl groups is 1. The van der Waals surface area contributed by atoms with E-state index >= 15 is 0 Å². The van der Waals surface area contributed by atoms with E-state index in [1.54, 1.807) is 13.3 Å². The summed E-state index contributed by atoms with van der Waals surface area (Å²) in [7, 11) is 1.59. The zero-order chi connectivity index (χ0) is 9.97. The lowest BCUT2D eigenvalue weighted by Crippen LogP contribution is -1.94. The SMILES string of the molecule is COc1ccc2cccnc2c1CO. The minimum absolute atomic E-state index is 0.0580. The van der Waals surface area contributed by atoms with Crippen molar-refractivity contribution in [1.82, 2.24) is 4.98 Å². The normalized spacial score (nSPS) is 10.4. The summed E-state index contributed by atoms with van der Waals surface area (Å²) in [4.78, 5) is 4.22. The third-order valence-corrected chi connectivity index (χ3v) is 2.21. The Bertz CT molecular complexity index is 454. The molecule has 0 unspecified atom stereocenters. The second-order valence-electron chi connectivity index (χ2n) is 2.98. The van der Waals surface area contributed by atoms with Crippen LogP contribution in [0, 0.1) is 0 Å². The molecule has 0 saturated carbocycles. The summed E-state index contributed by atoms with van der Waals surface area (Å²) in [5.74, 6) is 0.679. The van der Waals surface area contributed by atoms with Crippen LogP contribution in [0.3, 0.4) is 0 Å². The lowest BCUT2D eigenvalue weighted by molar-refractivity contribution is 0.275. The van der Waals surface area contributed by atoms with Gasteiger partial charge < -0.3 is 9.84 Å². The predicted octanol–water partition coefficient (Wildman–Crippen LogP) is 1.74. The number of ether oxygens (including phenoxy) is 1. The van der Waals surface area contributed by atoms with Crippen LogP contribution in [0.5, 0.6) is 5.75 Å². The molecule has 2 rings (SSSR count). The zero-order valence-electron chi connectivity index (χ0n) is 7.90. The molecule has 1 N–H and O–H groups in total. The maximum atomic E-state index is 9.23. The first-order valence-corrected chi connectivity index (χ1v) is 4.38. The Labute approximate surface area is 82.0 Å². The van der Waals surface area contributed by atoms with Crippen LogP contribution in [-0.4, -0.2) is 17.2 Å². The number of nitrogens with zero attached hydrogens (tertiary/aromatic N) is 1. The van der Waals surface area contributed by atoms with Crippen molar-refractivity contribution in [1.29, 1.82) is 0 Å². The van der Waals surface area contributed by atoms with Crippen LogP contribution in [0.25, 0.3) is 10.9 Å². The van der Waals surface area contributed by atoms with E-state index < -0.39 is 0 Å². The number of hydrogen-bond donors (Lipinski definition) is 1. The van der Waals surface area contributed by atoms with Crippen LogP contribution in [-0.2, 0) is 6.61 Å². The Morgan fingerprint density at radius 2 is 2.21 bits per heavy atom. The molecule has 0 aliphatic rings. The molecule has 3 nitrogen and oxygen atoms in total. The van der Waals surface area contributed by atoms with E-state index in [1.165, 1.54) is 0 Å². The van der Waals surface area contributed by atoms with Gasteiger partial charge >= 0.3 is 0 Å². The Morgan fingerprint density at radius 1 is 1.36 bits per heavy atom. The van der Waals surface area contributed by atoms with Crippen LogP contribution in [0.2, 0.25) is 0 Å². The van der Waals surface area contributed by atoms with Crippen molar-refractivity contribution in [2.75, 3.05) is 7.11 Å². The van der Waals surface area contributed by atoms with Crippen molar-refractivity contribution in [2.45, 2.75) is 6.61 Å². The predicted molar refractivity (Wildman–Crippen MR) is 54.2 cm³/mol. The summed E-state index contributed by atoms with van der Waals surface area (Å²) < 4.78 is 5.14. The number of aromatic nitrogens is 1. The number of methoxy groups -OCH3 is 1. The van der Waals surface area contributed by atoms with E-state index in [2.05, 4.69) is 4.98 Å². The molecule has 0 bridgehead atoms. The molecular weight excluding hydrogens is 178 g/mol. The molecule has 0 amide bonds. The van der Waals surface area contributed by atoms with Gasteiger partial charge in [0.25, 0.3) is 0 Å². The second-order valence-corrected chi connectivity index (χ2v) is 2.98. The molecule has 3 heteroatoms. The Hall–Kier alpha value is -1.61. The van der Waals surface area contributed by atoms with Gasteiger partial charge in [0, 0.05) is 17.1 Å². The van der Waals surface area contributed by atoms with Gasteiger partial charge in [-0.1, -0.05) is 6.07 Å². The quantitative estimate of drug-likeness (QED) is 0.782. The average molecular weight is 189 g/mol. The summed E-state index contributed by atoms with van der Waals surface area (Å²) in [5.41, 5.74) is 1.54. The summed E-state index contributed by atoms with van der Waals surface area (Å²) in [6.45, 7) is -0.0580. The van der Waals surface area contributed by atoms with Crippen LogP contribution in [0.4, 0.5) is 0 Å². The second kappa shape index (κ2) is 3.64. The maximum Gasteiger partial charge on any atom is 0.126 e. The minimum atomic E-state index is -0.0580. The number of fused-ring (bicyclic) bond motifs is 1. The molecule has 0 fully saturated rings. The molecule has 0 radical (unpaired) electrons. The number of pyridine rings is 1. The first-order valence-electron chi connectivity index (χ1n) is 4.38. The van der Waals surface area contributed by atoms with Crippen LogP contribution < -0.4 is 4.74 Å². The highest BCUT2D eigenvalue weighted by molar-refractivity contribution is 5.83. The van der Waals surface area contributed by atoms with Gasteiger partial charge in [0.05, 0.1) is 19.2 Å². The number of hydrogen-bond acceptors (Lipinski definition) is 3. The van der Waals surface area contributed by atoms with Gasteiger partial charge in [0.15, 0.2) is 0 Å². The smallest absolute Gasteiger partial charge is 0.126 e. The molecule has 0 atom stereocenters. The lowest BCUT2D eigenvalue weighted by atomic mass is 10.1. The van der Waals surface area contributed by atoms with E-state index in [0.29, 0.717) is 5.75 Å². The van der Waals surface area contributed by atoms with E-state index in [4.69, 9.17) is 4.74 Å². The fraction of sp³-hybridized carbons (Fsp3) is 0.182. The van der Waals surface area contributed by atoms with E-state index in [9.17, 15) is 5.11 Å². The molecule has 0 aliphatic carbocycles. The van der Waals surface area contributed by atoms with Crippen LogP contribution in [0.1, 0.15) is 5.56 Å². The highest BCUT2D eigenvalue weighted by Gasteiger charge is 2.07. The van der Waals surface area contributed by atoms with Crippen molar-refractivity contribution in [3.05, 3.63) is 36.0 Å². The molecular formula is C11H11NO2. The van der Waals surface area contributed by atoms with Crippen molar-refractivity contribution < 1.29 is 9.84 Å².